The number of thiazole rings is 1. The zero-order valence-corrected chi connectivity index (χ0v) is 17.3. The highest BCUT2D eigenvalue weighted by Crippen LogP contribution is 2.39. The Morgan fingerprint density at radius 2 is 1.93 bits per heavy atom. The molecular weight excluding hydrogens is 398 g/mol. The van der Waals surface area contributed by atoms with Gasteiger partial charge < -0.3 is 14.4 Å². The van der Waals surface area contributed by atoms with Gasteiger partial charge in [-0.25, -0.2) is 4.98 Å². The maximum Gasteiger partial charge on any atom is 0.261 e. The van der Waals surface area contributed by atoms with Gasteiger partial charge in [0.2, 0.25) is 0 Å². The van der Waals surface area contributed by atoms with Crippen LogP contribution in [0.25, 0.3) is 10.2 Å². The molecule has 0 fully saturated rings. The highest BCUT2D eigenvalue weighted by Gasteiger charge is 2.24. The van der Waals surface area contributed by atoms with E-state index in [-0.39, 0.29) is 5.91 Å². The number of hydrogen-bond acceptors (Lipinski definition) is 5. The van der Waals surface area contributed by atoms with Crippen LogP contribution in [0.1, 0.15) is 10.4 Å². The molecule has 0 saturated carbocycles. The second kappa shape index (κ2) is 7.95. The Bertz CT molecular complexity index is 978. The van der Waals surface area contributed by atoms with E-state index in [0.29, 0.717) is 41.2 Å². The number of halogens is 1. The van der Waals surface area contributed by atoms with Gasteiger partial charge in [-0.2, -0.15) is 0 Å². The third-order valence-corrected chi connectivity index (χ3v) is 5.83. The molecule has 0 unspecified atom stereocenters. The first kappa shape index (κ1) is 19.0. The molecule has 2 heterocycles. The number of ether oxygens (including phenoxy) is 2. The average Bonchev–Trinajstić information content (AvgIpc) is 3.08. The van der Waals surface area contributed by atoms with Crippen LogP contribution >= 0.6 is 22.9 Å². The monoisotopic (exact) mass is 418 g/mol. The summed E-state index contributed by atoms with van der Waals surface area (Å²) in [6, 6.07) is 10.9. The molecule has 0 saturated heterocycles. The summed E-state index contributed by atoms with van der Waals surface area (Å²) >= 11 is 7.74. The van der Waals surface area contributed by atoms with E-state index < -0.39 is 0 Å². The van der Waals surface area contributed by atoms with E-state index in [2.05, 4.69) is 14.1 Å². The van der Waals surface area contributed by atoms with Crippen LogP contribution in [-0.4, -0.2) is 51.3 Å². The maximum atomic E-state index is 13.3. The first-order valence-electron chi connectivity index (χ1n) is 9.08. The van der Waals surface area contributed by atoms with Gasteiger partial charge in [-0.1, -0.05) is 35.1 Å². The Balaban J connectivity index is 1.73. The number of likely N-dealkylation sites (N-methyl/N-ethyl adjacent to an activating group) is 1. The number of fused-ring (bicyclic) bond motifs is 2. The normalized spacial score (nSPS) is 13.1. The van der Waals surface area contributed by atoms with Gasteiger partial charge in [0.1, 0.15) is 13.2 Å². The van der Waals surface area contributed by atoms with Crippen LogP contribution in [0.2, 0.25) is 5.02 Å². The molecular formula is C20H21ClN3O3S+. The van der Waals surface area contributed by atoms with Crippen molar-refractivity contribution in [3.8, 4) is 11.5 Å². The van der Waals surface area contributed by atoms with Gasteiger partial charge in [-0.3, -0.25) is 9.69 Å². The van der Waals surface area contributed by atoms with Crippen LogP contribution < -0.4 is 19.3 Å². The molecule has 0 aliphatic carbocycles. The molecule has 4 rings (SSSR count). The number of benzene rings is 2. The number of quaternary nitrogens is 1. The minimum atomic E-state index is -0.150. The Morgan fingerprint density at radius 3 is 2.64 bits per heavy atom. The summed E-state index contributed by atoms with van der Waals surface area (Å²) in [5, 5.41) is 1.08. The number of carbonyl (C=O) groups is 1. The first-order valence-corrected chi connectivity index (χ1v) is 10.3. The van der Waals surface area contributed by atoms with Crippen LogP contribution in [0, 0.1) is 0 Å². The Labute approximate surface area is 172 Å². The minimum absolute atomic E-state index is 0.150. The Kier molecular flexibility index (Phi) is 5.39. The van der Waals surface area contributed by atoms with Gasteiger partial charge in [0.25, 0.3) is 5.91 Å². The number of aromatic nitrogens is 1. The topological polar surface area (TPSA) is 56.1 Å². The molecule has 28 heavy (non-hydrogen) atoms. The maximum absolute atomic E-state index is 13.3. The highest BCUT2D eigenvalue weighted by atomic mass is 35.5. The van der Waals surface area contributed by atoms with Crippen LogP contribution in [-0.2, 0) is 0 Å². The minimum Gasteiger partial charge on any atom is -0.486 e. The van der Waals surface area contributed by atoms with E-state index in [1.807, 2.05) is 24.3 Å². The second-order valence-electron chi connectivity index (χ2n) is 6.85. The largest absolute Gasteiger partial charge is 0.486 e. The van der Waals surface area contributed by atoms with E-state index in [1.165, 1.54) is 16.2 Å². The third-order valence-electron chi connectivity index (χ3n) is 4.46. The number of hydrogen-bond donors (Lipinski definition) is 1. The average molecular weight is 419 g/mol. The fourth-order valence-electron chi connectivity index (χ4n) is 2.97. The smallest absolute Gasteiger partial charge is 0.261 e. The zero-order valence-electron chi connectivity index (χ0n) is 15.7. The predicted molar refractivity (Wildman–Crippen MR) is 111 cm³/mol. The predicted octanol–water partition coefficient (Wildman–Crippen LogP) is 2.51. The van der Waals surface area contributed by atoms with Gasteiger partial charge in [0, 0.05) is 12.1 Å². The number of nitrogens with one attached hydrogen (secondary N) is 1. The molecule has 8 heteroatoms. The van der Waals surface area contributed by atoms with Crippen molar-refractivity contribution in [2.24, 2.45) is 0 Å². The van der Waals surface area contributed by atoms with Crippen LogP contribution in [0.4, 0.5) is 5.13 Å². The summed E-state index contributed by atoms with van der Waals surface area (Å²) in [6.45, 7) is 2.39. The summed E-state index contributed by atoms with van der Waals surface area (Å²) < 4.78 is 12.3. The number of nitrogens with zero attached hydrogens (tertiary/aromatic N) is 2. The fourth-order valence-corrected chi connectivity index (χ4v) is 4.18. The van der Waals surface area contributed by atoms with Gasteiger partial charge >= 0.3 is 0 Å². The Hall–Kier alpha value is -2.35. The van der Waals surface area contributed by atoms with E-state index in [9.17, 15) is 4.79 Å². The summed E-state index contributed by atoms with van der Waals surface area (Å²) in [4.78, 5) is 20.9. The van der Waals surface area contributed by atoms with E-state index in [0.717, 1.165) is 22.5 Å². The van der Waals surface area contributed by atoms with Crippen LogP contribution in [0.15, 0.2) is 36.4 Å². The van der Waals surface area contributed by atoms with Gasteiger partial charge in [-0.15, -0.1) is 0 Å². The van der Waals surface area contributed by atoms with Crippen molar-refractivity contribution in [2.45, 2.75) is 0 Å². The molecule has 146 valence electrons. The lowest BCUT2D eigenvalue weighted by molar-refractivity contribution is -0.856. The molecule has 2 aromatic carbocycles. The van der Waals surface area contributed by atoms with Crippen molar-refractivity contribution in [1.29, 1.82) is 0 Å². The highest BCUT2D eigenvalue weighted by molar-refractivity contribution is 7.22. The summed E-state index contributed by atoms with van der Waals surface area (Å²) in [6.07, 6.45) is 0. The van der Waals surface area contributed by atoms with Crippen LogP contribution in [0.5, 0.6) is 11.5 Å². The number of rotatable bonds is 5. The van der Waals surface area contributed by atoms with Crippen molar-refractivity contribution in [2.75, 3.05) is 45.3 Å². The number of amides is 1. The summed E-state index contributed by atoms with van der Waals surface area (Å²) in [5.74, 6) is 1.26. The Morgan fingerprint density at radius 1 is 1.21 bits per heavy atom. The zero-order chi connectivity index (χ0) is 19.7. The lowest BCUT2D eigenvalue weighted by Gasteiger charge is -2.21. The summed E-state index contributed by atoms with van der Waals surface area (Å²) in [5.41, 5.74) is 1.27. The molecule has 0 spiro atoms. The van der Waals surface area contributed by atoms with Crippen LogP contribution in [0.3, 0.4) is 0 Å². The van der Waals surface area contributed by atoms with Gasteiger partial charge in [0.15, 0.2) is 16.6 Å². The molecule has 3 aromatic rings. The number of anilines is 1. The summed E-state index contributed by atoms with van der Waals surface area (Å²) in [7, 11) is 4.11. The molecule has 1 aliphatic heterocycles. The fraction of sp³-hybridized carbons (Fsp3) is 0.300. The third kappa shape index (κ3) is 3.78. The SMILES string of the molecule is C[NH+](C)CCN(C(=O)c1ccccc1Cl)c1nc2cc3c(cc2s1)OCCO3. The molecule has 1 aromatic heterocycles. The molecule has 0 atom stereocenters. The van der Waals surface area contributed by atoms with Gasteiger partial charge in [-0.05, 0) is 12.1 Å². The first-order chi connectivity index (χ1) is 13.5. The quantitative estimate of drug-likeness (QED) is 0.691. The van der Waals surface area contributed by atoms with Crippen molar-refractivity contribution in [3.05, 3.63) is 47.0 Å². The van der Waals surface area contributed by atoms with E-state index >= 15 is 0 Å². The van der Waals surface area contributed by atoms with Gasteiger partial charge in [0.05, 0.1) is 48.0 Å². The standard InChI is InChI=1S/C20H20ClN3O3S/c1-23(2)7-8-24(19(25)13-5-3-4-6-14(13)21)20-22-15-11-16-17(12-18(15)28-20)27-10-9-26-16/h3-6,11-12H,7-10H2,1-2H3/p+1. The molecule has 1 aliphatic rings. The lowest BCUT2D eigenvalue weighted by atomic mass is 10.2. The molecule has 0 bridgehead atoms. The van der Waals surface area contributed by atoms with Crippen molar-refractivity contribution in [1.82, 2.24) is 4.98 Å². The van der Waals surface area contributed by atoms with E-state index in [1.54, 1.807) is 17.0 Å². The number of carbonyl (C=O) groups excluding carboxylic acids is 1. The molecule has 1 N–H and O–H groups in total. The molecule has 6 nitrogen and oxygen atoms in total. The van der Waals surface area contributed by atoms with Crippen molar-refractivity contribution >= 4 is 44.2 Å². The van der Waals surface area contributed by atoms with Crippen molar-refractivity contribution in [3.63, 3.8) is 0 Å². The second-order valence-corrected chi connectivity index (χ2v) is 8.27. The molecule has 1 amide bonds. The van der Waals surface area contributed by atoms with E-state index in [4.69, 9.17) is 26.1 Å². The molecule has 0 radical (unpaired) electrons. The lowest BCUT2D eigenvalue weighted by Crippen LogP contribution is -3.06. The van der Waals surface area contributed by atoms with Crippen molar-refractivity contribution < 1.29 is 19.2 Å².